The molecule has 0 radical (unpaired) electrons. The number of methoxy groups -OCH3 is 1. The van der Waals surface area contributed by atoms with Crippen LogP contribution in [-0.4, -0.2) is 46.5 Å². The highest BCUT2D eigenvalue weighted by Crippen LogP contribution is 2.23. The highest BCUT2D eigenvalue weighted by Gasteiger charge is 2.31. The van der Waals surface area contributed by atoms with Crippen LogP contribution in [0.1, 0.15) is 17.0 Å². The van der Waals surface area contributed by atoms with Gasteiger partial charge in [-0.3, -0.25) is 10.00 Å². The number of rotatable bonds is 5. The third kappa shape index (κ3) is 3.48. The van der Waals surface area contributed by atoms with Gasteiger partial charge >= 0.3 is 0 Å². The minimum Gasteiger partial charge on any atom is -0.497 e. The van der Waals surface area contributed by atoms with Crippen molar-refractivity contribution in [3.63, 3.8) is 0 Å². The summed E-state index contributed by atoms with van der Waals surface area (Å²) in [4.78, 5) is 2.30. The van der Waals surface area contributed by atoms with Crippen molar-refractivity contribution >= 4 is 0 Å². The van der Waals surface area contributed by atoms with Crippen LogP contribution in [0.3, 0.4) is 0 Å². The van der Waals surface area contributed by atoms with E-state index in [2.05, 4.69) is 33.3 Å². The summed E-state index contributed by atoms with van der Waals surface area (Å²) in [5.41, 5.74) is 3.34. The number of ether oxygens (including phenoxy) is 1. The Balaban J connectivity index is 1.57. The Labute approximate surface area is 130 Å². The average Bonchev–Trinajstić information content (AvgIpc) is 3.06. The van der Waals surface area contributed by atoms with Gasteiger partial charge < -0.3 is 9.84 Å². The van der Waals surface area contributed by atoms with Crippen molar-refractivity contribution in [2.75, 3.05) is 20.2 Å². The predicted molar refractivity (Wildman–Crippen MR) is 84.8 cm³/mol. The normalized spacial score (nSPS) is 22.1. The number of likely N-dealkylation sites (tertiary alicyclic amines) is 1. The van der Waals surface area contributed by atoms with Gasteiger partial charge in [0, 0.05) is 31.2 Å². The fourth-order valence-corrected chi connectivity index (χ4v) is 3.11. The molecule has 1 fully saturated rings. The van der Waals surface area contributed by atoms with E-state index in [4.69, 9.17) is 4.74 Å². The molecule has 0 spiro atoms. The number of hydrogen-bond donors (Lipinski definition) is 2. The quantitative estimate of drug-likeness (QED) is 0.883. The molecule has 118 valence electrons. The number of nitrogens with zero attached hydrogens (tertiary/aromatic N) is 2. The molecule has 1 saturated heterocycles. The van der Waals surface area contributed by atoms with Crippen LogP contribution in [0.15, 0.2) is 30.3 Å². The molecule has 2 atom stereocenters. The molecule has 1 aliphatic heterocycles. The molecule has 2 unspecified atom stereocenters. The molecule has 3 rings (SSSR count). The van der Waals surface area contributed by atoms with E-state index >= 15 is 0 Å². The van der Waals surface area contributed by atoms with Crippen LogP contribution in [-0.2, 0) is 13.0 Å². The van der Waals surface area contributed by atoms with E-state index in [-0.39, 0.29) is 12.0 Å². The topological polar surface area (TPSA) is 61.4 Å². The van der Waals surface area contributed by atoms with Crippen molar-refractivity contribution in [1.82, 2.24) is 15.1 Å². The van der Waals surface area contributed by atoms with Gasteiger partial charge in [-0.15, -0.1) is 0 Å². The summed E-state index contributed by atoms with van der Waals surface area (Å²) in [5.74, 6) is 1.12. The van der Waals surface area contributed by atoms with E-state index in [1.165, 1.54) is 5.56 Å². The molecule has 1 aliphatic rings. The van der Waals surface area contributed by atoms with Gasteiger partial charge in [-0.2, -0.15) is 5.10 Å². The lowest BCUT2D eigenvalue weighted by Gasteiger charge is -2.15. The second-order valence-corrected chi connectivity index (χ2v) is 6.12. The maximum Gasteiger partial charge on any atom is 0.118 e. The van der Waals surface area contributed by atoms with E-state index in [1.807, 2.05) is 19.1 Å². The number of aromatic amines is 1. The Morgan fingerprint density at radius 2 is 2.09 bits per heavy atom. The Morgan fingerprint density at radius 1 is 1.32 bits per heavy atom. The summed E-state index contributed by atoms with van der Waals surface area (Å²) in [6.07, 6.45) is 0.542. The minimum absolute atomic E-state index is 0.251. The van der Waals surface area contributed by atoms with Crippen LogP contribution >= 0.6 is 0 Å². The molecule has 2 heterocycles. The predicted octanol–water partition coefficient (Wildman–Crippen LogP) is 1.76. The monoisotopic (exact) mass is 301 g/mol. The van der Waals surface area contributed by atoms with Crippen LogP contribution in [0.2, 0.25) is 0 Å². The number of aliphatic hydroxyl groups excluding tert-OH is 1. The van der Waals surface area contributed by atoms with Crippen molar-refractivity contribution in [2.24, 2.45) is 5.92 Å². The first kappa shape index (κ1) is 15.1. The molecular formula is C17H23N3O2. The van der Waals surface area contributed by atoms with Gasteiger partial charge in [0.15, 0.2) is 0 Å². The van der Waals surface area contributed by atoms with E-state index < -0.39 is 0 Å². The van der Waals surface area contributed by atoms with Crippen molar-refractivity contribution < 1.29 is 9.84 Å². The average molecular weight is 301 g/mol. The Bertz CT molecular complexity index is 609. The number of nitrogens with one attached hydrogen (secondary N) is 1. The lowest BCUT2D eigenvalue weighted by Crippen LogP contribution is -2.21. The zero-order chi connectivity index (χ0) is 15.5. The molecule has 1 aromatic heterocycles. The van der Waals surface area contributed by atoms with Gasteiger partial charge in [0.05, 0.1) is 18.9 Å². The Hall–Kier alpha value is -1.85. The summed E-state index contributed by atoms with van der Waals surface area (Å²) < 4.78 is 5.18. The van der Waals surface area contributed by atoms with Gasteiger partial charge in [-0.25, -0.2) is 0 Å². The first-order chi connectivity index (χ1) is 10.6. The smallest absolute Gasteiger partial charge is 0.118 e. The number of benzene rings is 1. The molecule has 0 amide bonds. The molecule has 2 N–H and O–H groups in total. The second kappa shape index (κ2) is 6.50. The maximum atomic E-state index is 10.3. The first-order valence-electron chi connectivity index (χ1n) is 7.68. The van der Waals surface area contributed by atoms with Crippen LogP contribution < -0.4 is 4.74 Å². The van der Waals surface area contributed by atoms with Crippen LogP contribution in [0.4, 0.5) is 0 Å². The zero-order valence-electron chi connectivity index (χ0n) is 13.1. The lowest BCUT2D eigenvalue weighted by molar-refractivity contribution is 0.140. The largest absolute Gasteiger partial charge is 0.497 e. The molecule has 0 aliphatic carbocycles. The second-order valence-electron chi connectivity index (χ2n) is 6.12. The third-order valence-electron chi connectivity index (χ3n) is 4.28. The van der Waals surface area contributed by atoms with Gasteiger partial charge in [0.1, 0.15) is 5.75 Å². The maximum absolute atomic E-state index is 10.3. The molecule has 5 nitrogen and oxygen atoms in total. The SMILES string of the molecule is COc1ccc(CN2CC(O)C(Cc3cc(C)[nH]n3)C2)cc1. The molecular weight excluding hydrogens is 278 g/mol. The van der Waals surface area contributed by atoms with Gasteiger partial charge in [-0.05, 0) is 37.1 Å². The number of H-pyrrole nitrogens is 1. The summed E-state index contributed by atoms with van der Waals surface area (Å²) in [7, 11) is 1.67. The van der Waals surface area contributed by atoms with Crippen molar-refractivity contribution in [2.45, 2.75) is 26.0 Å². The fourth-order valence-electron chi connectivity index (χ4n) is 3.11. The van der Waals surface area contributed by atoms with Crippen molar-refractivity contribution in [1.29, 1.82) is 0 Å². The highest BCUT2D eigenvalue weighted by atomic mass is 16.5. The van der Waals surface area contributed by atoms with Gasteiger partial charge in [0.25, 0.3) is 0 Å². The van der Waals surface area contributed by atoms with Crippen LogP contribution in [0.5, 0.6) is 5.75 Å². The molecule has 1 aromatic carbocycles. The number of aromatic nitrogens is 2. The minimum atomic E-state index is -0.282. The molecule has 0 saturated carbocycles. The molecule has 2 aromatic rings. The van der Waals surface area contributed by atoms with Crippen LogP contribution in [0.25, 0.3) is 0 Å². The summed E-state index contributed by atoms with van der Waals surface area (Å²) >= 11 is 0. The van der Waals surface area contributed by atoms with E-state index in [0.717, 1.165) is 43.2 Å². The lowest BCUT2D eigenvalue weighted by atomic mass is 10.0. The third-order valence-corrected chi connectivity index (χ3v) is 4.28. The van der Waals surface area contributed by atoms with Crippen LogP contribution in [0, 0.1) is 12.8 Å². The highest BCUT2D eigenvalue weighted by molar-refractivity contribution is 5.27. The Kier molecular flexibility index (Phi) is 4.45. The molecule has 0 bridgehead atoms. The summed E-state index contributed by atoms with van der Waals surface area (Å²) in [6.45, 7) is 4.48. The zero-order valence-corrected chi connectivity index (χ0v) is 13.1. The van der Waals surface area contributed by atoms with Gasteiger partial charge in [0.2, 0.25) is 0 Å². The molecule has 5 heteroatoms. The standard InChI is InChI=1S/C17H23N3O2/c1-12-7-15(19-18-12)8-14-10-20(11-17(14)21)9-13-3-5-16(22-2)6-4-13/h3-7,14,17,21H,8-11H2,1-2H3,(H,18,19). The van der Waals surface area contributed by atoms with Gasteiger partial charge in [-0.1, -0.05) is 12.1 Å². The number of aryl methyl sites for hydroxylation is 1. The van der Waals surface area contributed by atoms with Crippen molar-refractivity contribution in [3.8, 4) is 5.75 Å². The number of aliphatic hydroxyl groups is 1. The van der Waals surface area contributed by atoms with E-state index in [9.17, 15) is 5.11 Å². The van der Waals surface area contributed by atoms with E-state index in [1.54, 1.807) is 7.11 Å². The van der Waals surface area contributed by atoms with E-state index in [0.29, 0.717) is 0 Å². The Morgan fingerprint density at radius 3 is 2.73 bits per heavy atom. The summed E-state index contributed by atoms with van der Waals surface area (Å²) in [5, 5.41) is 17.5. The first-order valence-corrected chi connectivity index (χ1v) is 7.68. The number of β-amino-alcohol motifs (C(OH)–C–C–N with tert-alkyl or cyclic N) is 1. The summed E-state index contributed by atoms with van der Waals surface area (Å²) in [6, 6.07) is 10.2. The van der Waals surface area contributed by atoms with Crippen molar-refractivity contribution in [3.05, 3.63) is 47.3 Å². The number of hydrogen-bond acceptors (Lipinski definition) is 4. The molecule has 22 heavy (non-hydrogen) atoms. The fraction of sp³-hybridized carbons (Fsp3) is 0.471.